The standard InChI is InChI=1S/C19H22N6O/c1-3-14-6-7-17-16(9-14)13(2)22-19(23-17)24-18-20-11-25(12-21-18)10-15-5-4-8-26-15/h4-9H,3,10-12H2,1-2H3,(H2,20,21,22,23,24). The van der Waals surface area contributed by atoms with Gasteiger partial charge in [-0.25, -0.2) is 15.0 Å². The zero-order valence-electron chi connectivity index (χ0n) is 15.0. The number of furan rings is 1. The molecule has 0 atom stereocenters. The molecule has 2 aromatic heterocycles. The Morgan fingerprint density at radius 1 is 1.27 bits per heavy atom. The van der Waals surface area contributed by atoms with E-state index in [2.05, 4.69) is 55.6 Å². The first-order chi connectivity index (χ1) is 12.7. The average Bonchev–Trinajstić information content (AvgIpc) is 3.16. The van der Waals surface area contributed by atoms with E-state index in [1.165, 1.54) is 5.56 Å². The SMILES string of the molecule is CCc1ccc2nc(NC3=NCN(Cc4ccco4)CN3)nc(C)c2c1. The van der Waals surface area contributed by atoms with Crippen LogP contribution >= 0.6 is 0 Å². The first-order valence-corrected chi connectivity index (χ1v) is 8.78. The zero-order chi connectivity index (χ0) is 17.9. The van der Waals surface area contributed by atoms with Crippen LogP contribution in [0.15, 0.2) is 46.0 Å². The van der Waals surface area contributed by atoms with Crippen LogP contribution in [-0.2, 0) is 13.0 Å². The highest BCUT2D eigenvalue weighted by atomic mass is 16.3. The Hall–Kier alpha value is -2.93. The fraction of sp³-hybridized carbons (Fsp3) is 0.316. The summed E-state index contributed by atoms with van der Waals surface area (Å²) in [6, 6.07) is 10.2. The summed E-state index contributed by atoms with van der Waals surface area (Å²) >= 11 is 0. The van der Waals surface area contributed by atoms with Crippen molar-refractivity contribution in [1.82, 2.24) is 20.2 Å². The van der Waals surface area contributed by atoms with Gasteiger partial charge in [-0.05, 0) is 43.2 Å². The number of hydrogen-bond acceptors (Lipinski definition) is 7. The van der Waals surface area contributed by atoms with Crippen LogP contribution in [0.3, 0.4) is 0 Å². The molecule has 1 aromatic carbocycles. The summed E-state index contributed by atoms with van der Waals surface area (Å²) in [6.07, 6.45) is 2.69. The van der Waals surface area contributed by atoms with Gasteiger partial charge >= 0.3 is 0 Å². The van der Waals surface area contributed by atoms with Crippen molar-refractivity contribution in [2.45, 2.75) is 26.8 Å². The molecule has 0 unspecified atom stereocenters. The van der Waals surface area contributed by atoms with E-state index >= 15 is 0 Å². The van der Waals surface area contributed by atoms with E-state index in [0.29, 0.717) is 25.2 Å². The fourth-order valence-electron chi connectivity index (χ4n) is 2.99. The summed E-state index contributed by atoms with van der Waals surface area (Å²) in [5, 5.41) is 7.54. The van der Waals surface area contributed by atoms with Gasteiger partial charge in [0.05, 0.1) is 37.4 Å². The topological polar surface area (TPSA) is 78.6 Å². The molecule has 3 aromatic rings. The molecular weight excluding hydrogens is 328 g/mol. The second-order valence-electron chi connectivity index (χ2n) is 6.35. The Balaban J connectivity index is 1.46. The monoisotopic (exact) mass is 350 g/mol. The number of aliphatic imine (C=N–C) groups is 1. The molecule has 0 amide bonds. The van der Waals surface area contributed by atoms with Gasteiger partial charge < -0.3 is 9.73 Å². The molecule has 4 rings (SSSR count). The van der Waals surface area contributed by atoms with Gasteiger partial charge in [-0.3, -0.25) is 10.2 Å². The lowest BCUT2D eigenvalue weighted by Crippen LogP contribution is -2.45. The van der Waals surface area contributed by atoms with Crippen molar-refractivity contribution in [3.63, 3.8) is 0 Å². The maximum Gasteiger partial charge on any atom is 0.230 e. The lowest BCUT2D eigenvalue weighted by molar-refractivity contribution is 0.236. The van der Waals surface area contributed by atoms with Crippen LogP contribution in [0.1, 0.15) is 23.9 Å². The van der Waals surface area contributed by atoms with Gasteiger partial charge in [0, 0.05) is 5.39 Å². The van der Waals surface area contributed by atoms with E-state index in [4.69, 9.17) is 4.42 Å². The quantitative estimate of drug-likeness (QED) is 0.753. The summed E-state index contributed by atoms with van der Waals surface area (Å²) in [4.78, 5) is 15.9. The van der Waals surface area contributed by atoms with E-state index in [9.17, 15) is 0 Å². The van der Waals surface area contributed by atoms with E-state index in [-0.39, 0.29) is 0 Å². The molecule has 0 spiro atoms. The van der Waals surface area contributed by atoms with Crippen molar-refractivity contribution in [1.29, 1.82) is 0 Å². The molecule has 0 fully saturated rings. The minimum atomic E-state index is 0.560. The number of nitrogens with one attached hydrogen (secondary N) is 2. The molecule has 0 radical (unpaired) electrons. The first kappa shape index (κ1) is 16.5. The van der Waals surface area contributed by atoms with E-state index in [1.54, 1.807) is 6.26 Å². The summed E-state index contributed by atoms with van der Waals surface area (Å²) < 4.78 is 5.38. The molecule has 3 heterocycles. The molecule has 1 aliphatic rings. The zero-order valence-corrected chi connectivity index (χ0v) is 15.0. The molecule has 0 bridgehead atoms. The second-order valence-corrected chi connectivity index (χ2v) is 6.35. The Morgan fingerprint density at radius 2 is 2.19 bits per heavy atom. The highest BCUT2D eigenvalue weighted by Crippen LogP contribution is 2.19. The van der Waals surface area contributed by atoms with Gasteiger partial charge in [-0.2, -0.15) is 0 Å². The highest BCUT2D eigenvalue weighted by molar-refractivity contribution is 5.93. The molecule has 7 heteroatoms. The third kappa shape index (κ3) is 3.52. The minimum Gasteiger partial charge on any atom is -0.468 e. The van der Waals surface area contributed by atoms with Crippen LogP contribution < -0.4 is 10.6 Å². The van der Waals surface area contributed by atoms with Crippen LogP contribution in [0.2, 0.25) is 0 Å². The van der Waals surface area contributed by atoms with Crippen molar-refractivity contribution in [2.24, 2.45) is 4.99 Å². The Labute approximate surface area is 152 Å². The summed E-state index contributed by atoms with van der Waals surface area (Å²) in [5.41, 5.74) is 3.19. The molecular formula is C19H22N6O. The second kappa shape index (κ2) is 7.13. The predicted molar refractivity (Wildman–Crippen MR) is 102 cm³/mol. The molecule has 0 saturated heterocycles. The average molecular weight is 350 g/mol. The number of rotatable bonds is 4. The van der Waals surface area contributed by atoms with E-state index in [0.717, 1.165) is 35.3 Å². The number of hydrogen-bond donors (Lipinski definition) is 2. The molecule has 134 valence electrons. The van der Waals surface area contributed by atoms with Crippen LogP contribution in [0.5, 0.6) is 0 Å². The summed E-state index contributed by atoms with van der Waals surface area (Å²) in [6.45, 7) is 6.15. The number of nitrogens with zero attached hydrogens (tertiary/aromatic N) is 4. The molecule has 26 heavy (non-hydrogen) atoms. The van der Waals surface area contributed by atoms with Crippen LogP contribution in [0, 0.1) is 6.92 Å². The fourth-order valence-corrected chi connectivity index (χ4v) is 2.99. The maximum atomic E-state index is 5.38. The van der Waals surface area contributed by atoms with Gasteiger partial charge in [-0.15, -0.1) is 0 Å². The van der Waals surface area contributed by atoms with Gasteiger partial charge in [0.25, 0.3) is 0 Å². The number of fused-ring (bicyclic) bond motifs is 1. The first-order valence-electron chi connectivity index (χ1n) is 8.78. The Bertz CT molecular complexity index is 935. The lowest BCUT2D eigenvalue weighted by atomic mass is 10.1. The molecule has 0 aliphatic carbocycles. The van der Waals surface area contributed by atoms with E-state index < -0.39 is 0 Å². The van der Waals surface area contributed by atoms with Crippen molar-refractivity contribution in [3.8, 4) is 0 Å². The number of benzene rings is 1. The number of aryl methyl sites for hydroxylation is 2. The molecule has 7 nitrogen and oxygen atoms in total. The van der Waals surface area contributed by atoms with Gasteiger partial charge in [0.15, 0.2) is 0 Å². The molecule has 0 saturated carbocycles. The molecule has 2 N–H and O–H groups in total. The molecule has 1 aliphatic heterocycles. The number of aromatic nitrogens is 2. The van der Waals surface area contributed by atoms with E-state index in [1.807, 2.05) is 19.1 Å². The van der Waals surface area contributed by atoms with Gasteiger partial charge in [-0.1, -0.05) is 13.0 Å². The normalized spacial score (nSPS) is 14.9. The van der Waals surface area contributed by atoms with Crippen LogP contribution in [0.4, 0.5) is 5.95 Å². The number of guanidine groups is 1. The third-order valence-electron chi connectivity index (χ3n) is 4.45. The minimum absolute atomic E-state index is 0.560. The van der Waals surface area contributed by atoms with Crippen LogP contribution in [-0.4, -0.2) is 34.2 Å². The largest absolute Gasteiger partial charge is 0.468 e. The Morgan fingerprint density at radius 3 is 2.92 bits per heavy atom. The van der Waals surface area contributed by atoms with Crippen molar-refractivity contribution in [3.05, 3.63) is 53.6 Å². The van der Waals surface area contributed by atoms with Crippen molar-refractivity contribution >= 4 is 22.8 Å². The smallest absolute Gasteiger partial charge is 0.230 e. The summed E-state index contributed by atoms with van der Waals surface area (Å²) in [7, 11) is 0. The predicted octanol–water partition coefficient (Wildman–Crippen LogP) is 2.88. The highest BCUT2D eigenvalue weighted by Gasteiger charge is 2.15. The van der Waals surface area contributed by atoms with Crippen molar-refractivity contribution in [2.75, 3.05) is 18.7 Å². The summed E-state index contributed by atoms with van der Waals surface area (Å²) in [5.74, 6) is 2.17. The maximum absolute atomic E-state index is 5.38. The lowest BCUT2D eigenvalue weighted by Gasteiger charge is -2.26. The van der Waals surface area contributed by atoms with Gasteiger partial charge in [0.2, 0.25) is 11.9 Å². The number of anilines is 1. The third-order valence-corrected chi connectivity index (χ3v) is 4.45. The Kier molecular flexibility index (Phi) is 4.53. The van der Waals surface area contributed by atoms with Crippen LogP contribution in [0.25, 0.3) is 10.9 Å². The van der Waals surface area contributed by atoms with Crippen molar-refractivity contribution < 1.29 is 4.42 Å². The van der Waals surface area contributed by atoms with Gasteiger partial charge in [0.1, 0.15) is 5.76 Å².